The second-order valence-electron chi connectivity index (χ2n) is 21.4. The van der Waals surface area contributed by atoms with Gasteiger partial charge in [0.05, 0.1) is 31.5 Å². The molecule has 2 heterocycles. The fourth-order valence-electron chi connectivity index (χ4n) is 10.1. The van der Waals surface area contributed by atoms with E-state index in [0.29, 0.717) is 50.5 Å². The molecular formula is C56H87NO16. The summed E-state index contributed by atoms with van der Waals surface area (Å²) < 4.78 is 29.0. The third kappa shape index (κ3) is 18.2. The van der Waals surface area contributed by atoms with Crippen LogP contribution in [0.25, 0.3) is 0 Å². The molecule has 3 aliphatic rings. The van der Waals surface area contributed by atoms with Crippen molar-refractivity contribution in [3.63, 3.8) is 0 Å². The minimum atomic E-state index is -1.49. The van der Waals surface area contributed by atoms with Crippen LogP contribution in [0.3, 0.4) is 0 Å². The van der Waals surface area contributed by atoms with Crippen molar-refractivity contribution in [3.05, 3.63) is 47.6 Å². The zero-order chi connectivity index (χ0) is 54.7. The topological polar surface area (TPSA) is 250 Å². The number of piperidine rings is 1. The van der Waals surface area contributed by atoms with Crippen LogP contribution < -0.4 is 0 Å². The summed E-state index contributed by atoms with van der Waals surface area (Å²) in [5.74, 6) is -8.26. The molecule has 1 saturated heterocycles. The maximum atomic E-state index is 14.4. The first-order chi connectivity index (χ1) is 34.5. The molecule has 412 valence electrons. The molecule has 1 saturated carbocycles. The summed E-state index contributed by atoms with van der Waals surface area (Å²) in [5.41, 5.74) is -0.315. The molecule has 0 aromatic carbocycles. The molecule has 2 aliphatic heterocycles. The van der Waals surface area contributed by atoms with E-state index in [-0.39, 0.29) is 62.1 Å². The third-order valence-electron chi connectivity index (χ3n) is 15.3. The van der Waals surface area contributed by atoms with Crippen molar-refractivity contribution in [1.29, 1.82) is 0 Å². The van der Waals surface area contributed by atoms with E-state index in [4.69, 9.17) is 23.7 Å². The fourth-order valence-corrected chi connectivity index (χ4v) is 10.1. The normalized spacial score (nSPS) is 35.0. The predicted molar refractivity (Wildman–Crippen MR) is 272 cm³/mol. The van der Waals surface area contributed by atoms with E-state index in [1.165, 1.54) is 35.2 Å². The van der Waals surface area contributed by atoms with E-state index in [0.717, 1.165) is 10.5 Å². The number of esters is 2. The van der Waals surface area contributed by atoms with Crippen LogP contribution in [-0.4, -0.2) is 156 Å². The Kier molecular flexibility index (Phi) is 26.2. The highest BCUT2D eigenvalue weighted by Gasteiger charge is 2.43. The Morgan fingerprint density at radius 1 is 0.808 bits per heavy atom. The van der Waals surface area contributed by atoms with Crippen LogP contribution in [0.4, 0.5) is 0 Å². The maximum Gasteiger partial charge on any atom is 0.329 e. The number of cyclic esters (lactones) is 1. The molecule has 0 radical (unpaired) electrons. The summed E-state index contributed by atoms with van der Waals surface area (Å²) in [6.45, 7) is 12.5. The number of ketones is 4. The predicted octanol–water partition coefficient (Wildman–Crippen LogP) is 5.57. The van der Waals surface area contributed by atoms with Gasteiger partial charge in [-0.2, -0.15) is 0 Å². The second-order valence-corrected chi connectivity index (χ2v) is 21.4. The lowest BCUT2D eigenvalue weighted by atomic mass is 9.78. The number of rotatable bonds is 10. The zero-order valence-corrected chi connectivity index (χ0v) is 45.3. The van der Waals surface area contributed by atoms with Crippen molar-refractivity contribution in [3.8, 4) is 0 Å². The molecule has 1 amide bonds. The van der Waals surface area contributed by atoms with Gasteiger partial charge in [-0.15, -0.1) is 0 Å². The highest BCUT2D eigenvalue weighted by atomic mass is 16.6. The summed E-state index contributed by atoms with van der Waals surface area (Å²) in [5, 5.41) is 42.0. The Balaban J connectivity index is 1.99. The van der Waals surface area contributed by atoms with Crippen LogP contribution in [0.5, 0.6) is 0 Å². The molecule has 4 N–H and O–H groups in total. The smallest absolute Gasteiger partial charge is 0.329 e. The maximum absolute atomic E-state index is 14.4. The average molecular weight is 1030 g/mol. The summed E-state index contributed by atoms with van der Waals surface area (Å²) in [6.07, 6.45) is 8.53. The van der Waals surface area contributed by atoms with Crippen LogP contribution in [0, 0.1) is 40.9 Å². The highest BCUT2D eigenvalue weighted by molar-refractivity contribution is 6.63. The van der Waals surface area contributed by atoms with Gasteiger partial charge in [0.2, 0.25) is 5.78 Å². The molecule has 17 nitrogen and oxygen atoms in total. The summed E-state index contributed by atoms with van der Waals surface area (Å²) >= 11 is 0. The molecule has 14 atom stereocenters. The molecule has 2 fully saturated rings. The monoisotopic (exact) mass is 1030 g/mol. The molecule has 0 bridgehead atoms. The van der Waals surface area contributed by atoms with Gasteiger partial charge in [-0.3, -0.25) is 28.8 Å². The average Bonchev–Trinajstić information content (AvgIpc) is 3.37. The van der Waals surface area contributed by atoms with Crippen LogP contribution in [0.1, 0.15) is 132 Å². The lowest BCUT2D eigenvalue weighted by molar-refractivity contribution is -0.177. The van der Waals surface area contributed by atoms with Crippen molar-refractivity contribution in [1.82, 2.24) is 4.90 Å². The van der Waals surface area contributed by atoms with Gasteiger partial charge >= 0.3 is 11.9 Å². The van der Waals surface area contributed by atoms with Gasteiger partial charge in [0.15, 0.2) is 5.78 Å². The van der Waals surface area contributed by atoms with Gasteiger partial charge in [0.1, 0.15) is 41.7 Å². The van der Waals surface area contributed by atoms with Gasteiger partial charge in [-0.25, -0.2) is 4.79 Å². The van der Waals surface area contributed by atoms with E-state index >= 15 is 0 Å². The molecule has 17 heteroatoms. The van der Waals surface area contributed by atoms with Gasteiger partial charge in [0, 0.05) is 58.5 Å². The molecule has 0 aromatic rings. The van der Waals surface area contributed by atoms with Crippen molar-refractivity contribution in [2.45, 2.75) is 181 Å². The Labute approximate surface area is 433 Å². The van der Waals surface area contributed by atoms with Crippen molar-refractivity contribution in [2.75, 3.05) is 41.1 Å². The van der Waals surface area contributed by atoms with E-state index in [2.05, 4.69) is 0 Å². The van der Waals surface area contributed by atoms with Crippen LogP contribution in [0.15, 0.2) is 47.6 Å². The standard InChI is InChI=1S/C56H87NO16/c1-33-17-13-12-14-18-34(2)45(69-9)29-41(60)22-20-35(3)48(62)51(65)53(66)57-24-16-15-19-42(57)54(67)72-46(30-43(61)36(4)26-39(7)50(64)52(71-11)49(63)38(6)25-33)37(5)27-40-21-23-44(47(28-40)70-10)73-55(68)56(8,31-58)32-59/h12-14,17-18,26,33,35-38,40-42,44-47,50,52,58-60,64H,15-16,19-25,27-32H2,1-11H3/b14-12+,17-13+,34-18+,39-26+/t33-,35-,36-,37-,38-,40-,41+,42+,44-,45+,46+,47-,50-,52+/m1/s1. The first-order valence-corrected chi connectivity index (χ1v) is 26.2. The van der Waals surface area contributed by atoms with Crippen LogP contribution in [-0.2, 0) is 57.2 Å². The molecule has 0 spiro atoms. The van der Waals surface area contributed by atoms with Gasteiger partial charge in [-0.05, 0) is 114 Å². The summed E-state index contributed by atoms with van der Waals surface area (Å²) in [6, 6.07) is -1.22. The SMILES string of the molecule is CO[C@H]1C[C@@H](O)CC[C@@H](C)C(=O)C(=O)C(=O)N2CCCC[C@H]2C(=O)O[C@H]([C@H](C)C[C@H]2CC[C@@H](OC(=O)C(C)(CO)CO)[C@H](OC)C2)CC(=O)[C@H](C)/C=C(\C)[C@@H](O)[C@@H](OC)C(=O)[C@H](C)C[C@H](C)/C=C/C=C/C=C/1C. The highest BCUT2D eigenvalue weighted by Crippen LogP contribution is 2.36. The number of carbonyl (C=O) groups is 7. The van der Waals surface area contributed by atoms with E-state index in [1.54, 1.807) is 26.8 Å². The Morgan fingerprint density at radius 2 is 1.49 bits per heavy atom. The van der Waals surface area contributed by atoms with E-state index in [1.807, 2.05) is 51.2 Å². The van der Waals surface area contributed by atoms with Crippen LogP contribution >= 0.6 is 0 Å². The Hall–Kier alpha value is -4.23. The molecule has 0 unspecified atom stereocenters. The zero-order valence-electron chi connectivity index (χ0n) is 45.3. The minimum Gasteiger partial charge on any atom is -0.460 e. The van der Waals surface area contributed by atoms with Gasteiger partial charge in [-0.1, -0.05) is 71.1 Å². The molecular weight excluding hydrogens is 943 g/mol. The first-order valence-electron chi connectivity index (χ1n) is 26.2. The van der Waals surface area contributed by atoms with Crippen molar-refractivity contribution in [2.24, 2.45) is 40.9 Å². The first kappa shape index (κ1) is 63.1. The van der Waals surface area contributed by atoms with Gasteiger partial charge < -0.3 is 49.0 Å². The number of ether oxygens (including phenoxy) is 5. The largest absolute Gasteiger partial charge is 0.460 e. The number of aliphatic hydroxyl groups is 4. The number of aliphatic hydroxyl groups excluding tert-OH is 4. The number of allylic oxidation sites excluding steroid dienone is 6. The molecule has 73 heavy (non-hydrogen) atoms. The third-order valence-corrected chi connectivity index (χ3v) is 15.3. The van der Waals surface area contributed by atoms with Crippen LogP contribution in [0.2, 0.25) is 0 Å². The van der Waals surface area contributed by atoms with Crippen molar-refractivity contribution < 1.29 is 77.7 Å². The lowest BCUT2D eigenvalue weighted by Crippen LogP contribution is -2.53. The Bertz CT molecular complexity index is 1990. The number of Topliss-reactive ketones (excluding diaryl/α,β-unsaturated/α-hetero) is 4. The van der Waals surface area contributed by atoms with E-state index < -0.39 is 120 Å². The summed E-state index contributed by atoms with van der Waals surface area (Å²) in [7, 11) is 4.38. The number of hydrogen-bond acceptors (Lipinski definition) is 16. The molecule has 1 aliphatic carbocycles. The summed E-state index contributed by atoms with van der Waals surface area (Å²) in [4.78, 5) is 97.4. The number of nitrogens with zero attached hydrogens (tertiary/aromatic N) is 1. The lowest BCUT2D eigenvalue weighted by Gasteiger charge is -2.38. The minimum absolute atomic E-state index is 0.0137. The van der Waals surface area contributed by atoms with Crippen molar-refractivity contribution >= 4 is 41.0 Å². The van der Waals surface area contributed by atoms with E-state index in [9.17, 15) is 54.0 Å². The number of carbonyl (C=O) groups excluding carboxylic acids is 7. The number of hydrogen-bond donors (Lipinski definition) is 4. The number of amides is 1. The number of fused-ring (bicyclic) bond motifs is 1. The Morgan fingerprint density at radius 3 is 2.12 bits per heavy atom. The molecule has 3 rings (SSSR count). The fraction of sp³-hybridized carbons (Fsp3) is 0.732. The van der Waals surface area contributed by atoms with Gasteiger partial charge in [0.25, 0.3) is 11.7 Å². The molecule has 0 aromatic heterocycles. The second kappa shape index (κ2) is 30.4. The number of methoxy groups -OCH3 is 3. The quantitative estimate of drug-likeness (QED) is 0.119.